The SMILES string of the molecule is CCCCCCCNC(=O)C(=O)NCC1CCCO1. The number of ether oxygens (including phenoxy) is 1. The number of amides is 2. The Kier molecular flexibility index (Phi) is 8.21. The van der Waals surface area contributed by atoms with Crippen LogP contribution in [0, 0.1) is 0 Å². The van der Waals surface area contributed by atoms with E-state index in [9.17, 15) is 9.59 Å². The Morgan fingerprint density at radius 3 is 2.53 bits per heavy atom. The molecule has 1 unspecified atom stereocenters. The van der Waals surface area contributed by atoms with E-state index in [1.807, 2.05) is 0 Å². The van der Waals surface area contributed by atoms with Gasteiger partial charge in [0.2, 0.25) is 0 Å². The van der Waals surface area contributed by atoms with Crippen molar-refractivity contribution >= 4 is 11.8 Å². The minimum absolute atomic E-state index is 0.0748. The van der Waals surface area contributed by atoms with Crippen LogP contribution < -0.4 is 10.6 Å². The van der Waals surface area contributed by atoms with E-state index in [0.717, 1.165) is 32.3 Å². The highest BCUT2D eigenvalue weighted by Gasteiger charge is 2.18. The molecule has 0 spiro atoms. The molecule has 0 bridgehead atoms. The van der Waals surface area contributed by atoms with E-state index in [-0.39, 0.29) is 6.10 Å². The Balaban J connectivity index is 1.99. The number of carbonyl (C=O) groups excluding carboxylic acids is 2. The van der Waals surface area contributed by atoms with E-state index < -0.39 is 11.8 Å². The molecule has 2 N–H and O–H groups in total. The standard InChI is InChI=1S/C14H26N2O3/c1-2-3-4-5-6-9-15-13(17)14(18)16-11-12-8-7-10-19-12/h12H,2-11H2,1H3,(H,15,17)(H,16,18). The lowest BCUT2D eigenvalue weighted by molar-refractivity contribution is -0.139. The molecule has 19 heavy (non-hydrogen) atoms. The van der Waals surface area contributed by atoms with Gasteiger partial charge in [-0.25, -0.2) is 0 Å². The number of hydrogen-bond acceptors (Lipinski definition) is 3. The van der Waals surface area contributed by atoms with Gasteiger partial charge in [0.05, 0.1) is 6.10 Å². The van der Waals surface area contributed by atoms with Crippen molar-refractivity contribution in [3.05, 3.63) is 0 Å². The summed E-state index contributed by atoms with van der Waals surface area (Å²) in [5.41, 5.74) is 0. The van der Waals surface area contributed by atoms with Crippen molar-refractivity contribution < 1.29 is 14.3 Å². The average Bonchev–Trinajstić information content (AvgIpc) is 2.93. The molecule has 1 atom stereocenters. The summed E-state index contributed by atoms with van der Waals surface area (Å²) in [7, 11) is 0. The molecule has 0 radical (unpaired) electrons. The van der Waals surface area contributed by atoms with Crippen molar-refractivity contribution in [3.8, 4) is 0 Å². The van der Waals surface area contributed by atoms with E-state index in [2.05, 4.69) is 17.6 Å². The second-order valence-electron chi connectivity index (χ2n) is 5.02. The normalized spacial score (nSPS) is 18.3. The van der Waals surface area contributed by atoms with Gasteiger partial charge in [-0.15, -0.1) is 0 Å². The van der Waals surface area contributed by atoms with Crippen LogP contribution in [0.4, 0.5) is 0 Å². The average molecular weight is 270 g/mol. The summed E-state index contributed by atoms with van der Waals surface area (Å²) in [5.74, 6) is -1.09. The lowest BCUT2D eigenvalue weighted by Crippen LogP contribution is -2.42. The van der Waals surface area contributed by atoms with Gasteiger partial charge in [0.1, 0.15) is 0 Å². The van der Waals surface area contributed by atoms with Crippen molar-refractivity contribution in [3.63, 3.8) is 0 Å². The molecule has 2 amide bonds. The van der Waals surface area contributed by atoms with Gasteiger partial charge in [-0.3, -0.25) is 9.59 Å². The molecule has 1 fully saturated rings. The molecular weight excluding hydrogens is 244 g/mol. The van der Waals surface area contributed by atoms with Crippen molar-refractivity contribution in [2.45, 2.75) is 58.0 Å². The third-order valence-corrected chi connectivity index (χ3v) is 3.29. The molecule has 1 saturated heterocycles. The molecule has 5 nitrogen and oxygen atoms in total. The van der Waals surface area contributed by atoms with Crippen LogP contribution in [0.1, 0.15) is 51.9 Å². The van der Waals surface area contributed by atoms with Crippen LogP contribution in [0.2, 0.25) is 0 Å². The summed E-state index contributed by atoms with van der Waals surface area (Å²) in [6.45, 7) is 3.93. The van der Waals surface area contributed by atoms with E-state index in [4.69, 9.17) is 4.74 Å². The van der Waals surface area contributed by atoms with Gasteiger partial charge >= 0.3 is 11.8 Å². The first-order chi connectivity index (χ1) is 9.24. The minimum Gasteiger partial charge on any atom is -0.376 e. The fourth-order valence-corrected chi connectivity index (χ4v) is 2.10. The van der Waals surface area contributed by atoms with Gasteiger partial charge in [-0.2, -0.15) is 0 Å². The number of rotatable bonds is 8. The largest absolute Gasteiger partial charge is 0.376 e. The number of unbranched alkanes of at least 4 members (excludes halogenated alkanes) is 4. The molecule has 1 aliphatic heterocycles. The lowest BCUT2D eigenvalue weighted by atomic mass is 10.1. The maximum atomic E-state index is 11.5. The van der Waals surface area contributed by atoms with E-state index >= 15 is 0 Å². The molecular formula is C14H26N2O3. The zero-order chi connectivity index (χ0) is 13.9. The molecule has 5 heteroatoms. The zero-order valence-electron chi connectivity index (χ0n) is 11.9. The first kappa shape index (κ1) is 16.0. The van der Waals surface area contributed by atoms with Crippen molar-refractivity contribution in [2.24, 2.45) is 0 Å². The van der Waals surface area contributed by atoms with Crippen molar-refractivity contribution in [1.29, 1.82) is 0 Å². The van der Waals surface area contributed by atoms with Crippen LogP contribution >= 0.6 is 0 Å². The second-order valence-corrected chi connectivity index (χ2v) is 5.02. The maximum Gasteiger partial charge on any atom is 0.309 e. The van der Waals surface area contributed by atoms with Gasteiger partial charge in [0.25, 0.3) is 0 Å². The first-order valence-corrected chi connectivity index (χ1v) is 7.41. The smallest absolute Gasteiger partial charge is 0.309 e. The Morgan fingerprint density at radius 1 is 1.11 bits per heavy atom. The molecule has 0 aromatic carbocycles. The summed E-state index contributed by atoms with van der Waals surface area (Å²) in [4.78, 5) is 23.0. The topological polar surface area (TPSA) is 67.4 Å². The zero-order valence-corrected chi connectivity index (χ0v) is 11.9. The molecule has 0 aliphatic carbocycles. The minimum atomic E-state index is -0.552. The summed E-state index contributed by atoms with van der Waals surface area (Å²) < 4.78 is 5.37. The van der Waals surface area contributed by atoms with Gasteiger partial charge in [-0.05, 0) is 19.3 Å². The summed E-state index contributed by atoms with van der Waals surface area (Å²) in [5, 5.41) is 5.25. The third-order valence-electron chi connectivity index (χ3n) is 3.29. The molecule has 110 valence electrons. The first-order valence-electron chi connectivity index (χ1n) is 7.41. The second kappa shape index (κ2) is 9.78. The van der Waals surface area contributed by atoms with Gasteiger partial charge in [0.15, 0.2) is 0 Å². The Morgan fingerprint density at radius 2 is 1.84 bits per heavy atom. The molecule has 1 rings (SSSR count). The lowest BCUT2D eigenvalue weighted by Gasteiger charge is -2.10. The Bertz CT molecular complexity index is 276. The highest BCUT2D eigenvalue weighted by atomic mass is 16.5. The summed E-state index contributed by atoms with van der Waals surface area (Å²) in [6, 6.07) is 0. The predicted octanol–water partition coefficient (Wildman–Crippen LogP) is 1.37. The van der Waals surface area contributed by atoms with Crippen LogP contribution in [-0.2, 0) is 14.3 Å². The maximum absolute atomic E-state index is 11.5. The van der Waals surface area contributed by atoms with Gasteiger partial charge < -0.3 is 15.4 Å². The van der Waals surface area contributed by atoms with Crippen LogP contribution in [0.3, 0.4) is 0 Å². The Labute approximate surface area is 115 Å². The van der Waals surface area contributed by atoms with Crippen LogP contribution in [-0.4, -0.2) is 37.6 Å². The van der Waals surface area contributed by atoms with Crippen molar-refractivity contribution in [1.82, 2.24) is 10.6 Å². The fraction of sp³-hybridized carbons (Fsp3) is 0.857. The van der Waals surface area contributed by atoms with Crippen LogP contribution in [0.15, 0.2) is 0 Å². The fourth-order valence-electron chi connectivity index (χ4n) is 2.10. The van der Waals surface area contributed by atoms with E-state index in [0.29, 0.717) is 13.1 Å². The third kappa shape index (κ3) is 7.15. The van der Waals surface area contributed by atoms with Gasteiger partial charge in [0, 0.05) is 19.7 Å². The highest BCUT2D eigenvalue weighted by Crippen LogP contribution is 2.10. The van der Waals surface area contributed by atoms with Gasteiger partial charge in [-0.1, -0.05) is 32.6 Å². The number of carbonyl (C=O) groups is 2. The molecule has 1 aliphatic rings. The summed E-state index contributed by atoms with van der Waals surface area (Å²) >= 11 is 0. The number of hydrogen-bond donors (Lipinski definition) is 2. The monoisotopic (exact) mass is 270 g/mol. The Hall–Kier alpha value is -1.10. The molecule has 0 saturated carbocycles. The van der Waals surface area contributed by atoms with Crippen LogP contribution in [0.5, 0.6) is 0 Å². The van der Waals surface area contributed by atoms with Crippen molar-refractivity contribution in [2.75, 3.05) is 19.7 Å². The quantitative estimate of drug-likeness (QED) is 0.517. The van der Waals surface area contributed by atoms with Crippen LogP contribution in [0.25, 0.3) is 0 Å². The molecule has 0 aromatic rings. The molecule has 0 aromatic heterocycles. The summed E-state index contributed by atoms with van der Waals surface area (Å²) in [6.07, 6.45) is 7.73. The predicted molar refractivity (Wildman–Crippen MR) is 73.8 cm³/mol. The molecule has 1 heterocycles. The number of nitrogens with one attached hydrogen (secondary N) is 2. The van der Waals surface area contributed by atoms with E-state index in [1.165, 1.54) is 19.3 Å². The highest BCUT2D eigenvalue weighted by molar-refractivity contribution is 6.35. The van der Waals surface area contributed by atoms with E-state index in [1.54, 1.807) is 0 Å².